The lowest BCUT2D eigenvalue weighted by Gasteiger charge is -2.23. The molecule has 1 aliphatic heterocycles. The predicted molar refractivity (Wildman–Crippen MR) is 106 cm³/mol. The highest BCUT2D eigenvalue weighted by molar-refractivity contribution is 7.07. The lowest BCUT2D eigenvalue weighted by atomic mass is 10.1. The van der Waals surface area contributed by atoms with Crippen molar-refractivity contribution in [2.45, 2.75) is 6.04 Å². The van der Waals surface area contributed by atoms with E-state index in [9.17, 15) is 4.79 Å². The van der Waals surface area contributed by atoms with Gasteiger partial charge in [0, 0.05) is 18.2 Å². The Bertz CT molecular complexity index is 952. The number of benzene rings is 1. The molecule has 28 heavy (non-hydrogen) atoms. The molecule has 1 aromatic carbocycles. The molecule has 1 amide bonds. The second-order valence-corrected chi connectivity index (χ2v) is 7.46. The molecule has 0 aliphatic carbocycles. The Morgan fingerprint density at radius 2 is 2.04 bits per heavy atom. The summed E-state index contributed by atoms with van der Waals surface area (Å²) in [5.41, 5.74) is 2.19. The molecule has 0 bridgehead atoms. The standard InChI is InChI=1S/C20H21N3O4S/c1-23(2)16(14-5-8-28-12-14)11-21-20(24)15-10-18(27-22-15)13-3-4-17-19(9-13)26-7-6-25-17/h3-5,8-10,12,16H,6-7,11H2,1-2H3,(H,21,24)/t16-/m1/s1. The largest absolute Gasteiger partial charge is 0.486 e. The van der Waals surface area contributed by atoms with E-state index in [2.05, 4.69) is 26.8 Å². The first-order valence-electron chi connectivity index (χ1n) is 8.95. The van der Waals surface area contributed by atoms with E-state index in [1.165, 1.54) is 5.56 Å². The minimum Gasteiger partial charge on any atom is -0.486 e. The van der Waals surface area contributed by atoms with Crippen molar-refractivity contribution < 1.29 is 18.8 Å². The summed E-state index contributed by atoms with van der Waals surface area (Å²) in [4.78, 5) is 14.6. The molecule has 146 valence electrons. The van der Waals surface area contributed by atoms with Crippen molar-refractivity contribution in [2.75, 3.05) is 33.9 Å². The first-order valence-corrected chi connectivity index (χ1v) is 9.89. The first kappa shape index (κ1) is 18.5. The number of likely N-dealkylation sites (N-methyl/N-ethyl adjacent to an activating group) is 1. The maximum Gasteiger partial charge on any atom is 0.273 e. The van der Waals surface area contributed by atoms with E-state index in [0.717, 1.165) is 5.56 Å². The van der Waals surface area contributed by atoms with Crippen molar-refractivity contribution in [3.63, 3.8) is 0 Å². The number of nitrogens with zero attached hydrogens (tertiary/aromatic N) is 2. The van der Waals surface area contributed by atoms with E-state index in [1.807, 2.05) is 37.7 Å². The molecule has 3 aromatic rings. The molecular weight excluding hydrogens is 378 g/mol. The second kappa shape index (κ2) is 8.04. The van der Waals surface area contributed by atoms with Crippen LogP contribution >= 0.6 is 11.3 Å². The van der Waals surface area contributed by atoms with Crippen LogP contribution in [0.3, 0.4) is 0 Å². The Kier molecular flexibility index (Phi) is 5.31. The van der Waals surface area contributed by atoms with E-state index in [4.69, 9.17) is 14.0 Å². The summed E-state index contributed by atoms with van der Waals surface area (Å²) in [6, 6.07) is 9.31. The maximum atomic E-state index is 12.5. The van der Waals surface area contributed by atoms with Gasteiger partial charge in [0.2, 0.25) is 0 Å². The number of nitrogens with one attached hydrogen (secondary N) is 1. The van der Waals surface area contributed by atoms with Gasteiger partial charge in [-0.3, -0.25) is 4.79 Å². The first-order chi connectivity index (χ1) is 13.6. The van der Waals surface area contributed by atoms with Gasteiger partial charge in [-0.05, 0) is 54.7 Å². The number of thiophene rings is 1. The van der Waals surface area contributed by atoms with Crippen molar-refractivity contribution in [2.24, 2.45) is 0 Å². The molecule has 1 aliphatic rings. The van der Waals surface area contributed by atoms with Crippen molar-refractivity contribution in [3.8, 4) is 22.8 Å². The van der Waals surface area contributed by atoms with Gasteiger partial charge in [-0.15, -0.1) is 0 Å². The Labute approximate surface area is 166 Å². The van der Waals surface area contributed by atoms with Crippen LogP contribution in [0, 0.1) is 0 Å². The van der Waals surface area contributed by atoms with Crippen LogP contribution in [0.4, 0.5) is 0 Å². The van der Waals surface area contributed by atoms with Crippen molar-refractivity contribution in [1.29, 1.82) is 0 Å². The zero-order valence-electron chi connectivity index (χ0n) is 15.7. The number of carbonyl (C=O) groups excluding carboxylic acids is 1. The number of ether oxygens (including phenoxy) is 2. The number of rotatable bonds is 6. The van der Waals surface area contributed by atoms with E-state index < -0.39 is 0 Å². The van der Waals surface area contributed by atoms with E-state index in [1.54, 1.807) is 17.4 Å². The van der Waals surface area contributed by atoms with Crippen LogP contribution in [0.1, 0.15) is 22.1 Å². The lowest BCUT2D eigenvalue weighted by Crippen LogP contribution is -2.34. The molecule has 0 unspecified atom stereocenters. The molecule has 3 heterocycles. The average molecular weight is 399 g/mol. The topological polar surface area (TPSA) is 76.8 Å². The fourth-order valence-corrected chi connectivity index (χ4v) is 3.77. The molecule has 1 N–H and O–H groups in total. The van der Waals surface area contributed by atoms with Gasteiger partial charge in [0.25, 0.3) is 5.91 Å². The second-order valence-electron chi connectivity index (χ2n) is 6.68. The number of fused-ring (bicyclic) bond motifs is 1. The molecular formula is C20H21N3O4S. The van der Waals surface area contributed by atoms with E-state index in [-0.39, 0.29) is 17.6 Å². The third-order valence-electron chi connectivity index (χ3n) is 4.58. The number of amides is 1. The van der Waals surface area contributed by atoms with Crippen molar-refractivity contribution in [1.82, 2.24) is 15.4 Å². The number of hydrogen-bond donors (Lipinski definition) is 1. The molecule has 1 atom stereocenters. The van der Waals surface area contributed by atoms with Crippen LogP contribution in [0.15, 0.2) is 45.6 Å². The van der Waals surface area contributed by atoms with Crippen molar-refractivity contribution in [3.05, 3.63) is 52.3 Å². The summed E-state index contributed by atoms with van der Waals surface area (Å²) in [6.45, 7) is 1.53. The normalized spacial score (nSPS) is 14.1. The Balaban J connectivity index is 1.44. The lowest BCUT2D eigenvalue weighted by molar-refractivity contribution is 0.0933. The maximum absolute atomic E-state index is 12.5. The Morgan fingerprint density at radius 3 is 2.79 bits per heavy atom. The third kappa shape index (κ3) is 3.88. The molecule has 0 radical (unpaired) electrons. The van der Waals surface area contributed by atoms with Gasteiger partial charge < -0.3 is 24.2 Å². The van der Waals surface area contributed by atoms with Gasteiger partial charge in [0.05, 0.1) is 6.04 Å². The summed E-state index contributed by atoms with van der Waals surface area (Å²) < 4.78 is 16.5. The molecule has 4 rings (SSSR count). The van der Waals surface area contributed by atoms with Crippen LogP contribution in [0.5, 0.6) is 11.5 Å². The van der Waals surface area contributed by atoms with E-state index in [0.29, 0.717) is 37.0 Å². The number of hydrogen-bond acceptors (Lipinski definition) is 7. The molecule has 2 aromatic heterocycles. The van der Waals surface area contributed by atoms with Gasteiger partial charge in [-0.25, -0.2) is 0 Å². The highest BCUT2D eigenvalue weighted by Crippen LogP contribution is 2.34. The fraction of sp³-hybridized carbons (Fsp3) is 0.300. The van der Waals surface area contributed by atoms with Crippen LogP contribution in [-0.4, -0.2) is 49.8 Å². The molecule has 8 heteroatoms. The average Bonchev–Trinajstić information content (AvgIpc) is 3.40. The van der Waals surface area contributed by atoms with Crippen molar-refractivity contribution >= 4 is 17.2 Å². The minimum absolute atomic E-state index is 0.0966. The van der Waals surface area contributed by atoms with Gasteiger partial charge >= 0.3 is 0 Å². The highest BCUT2D eigenvalue weighted by Gasteiger charge is 2.20. The molecule has 7 nitrogen and oxygen atoms in total. The van der Waals surface area contributed by atoms with Gasteiger partial charge in [-0.2, -0.15) is 11.3 Å². The molecule has 0 saturated heterocycles. The Hall–Kier alpha value is -2.84. The van der Waals surface area contributed by atoms with Crippen LogP contribution in [0.2, 0.25) is 0 Å². The number of aromatic nitrogens is 1. The predicted octanol–water partition coefficient (Wildman–Crippen LogP) is 3.21. The summed E-state index contributed by atoms with van der Waals surface area (Å²) >= 11 is 1.64. The van der Waals surface area contributed by atoms with Gasteiger partial charge in [0.15, 0.2) is 23.0 Å². The molecule has 0 spiro atoms. The summed E-state index contributed by atoms with van der Waals surface area (Å²) in [5, 5.41) is 11.0. The van der Waals surface area contributed by atoms with Crippen LogP contribution in [-0.2, 0) is 0 Å². The zero-order chi connectivity index (χ0) is 19.5. The summed E-state index contributed by atoms with van der Waals surface area (Å²) in [7, 11) is 3.98. The summed E-state index contributed by atoms with van der Waals surface area (Å²) in [5.74, 6) is 1.60. The quantitative estimate of drug-likeness (QED) is 0.686. The zero-order valence-corrected chi connectivity index (χ0v) is 16.5. The molecule has 0 saturated carbocycles. The van der Waals surface area contributed by atoms with Gasteiger partial charge in [-0.1, -0.05) is 5.16 Å². The van der Waals surface area contributed by atoms with E-state index >= 15 is 0 Å². The minimum atomic E-state index is -0.269. The van der Waals surface area contributed by atoms with Crippen LogP contribution < -0.4 is 14.8 Å². The van der Waals surface area contributed by atoms with Gasteiger partial charge in [0.1, 0.15) is 13.2 Å². The third-order valence-corrected chi connectivity index (χ3v) is 5.28. The Morgan fingerprint density at radius 1 is 1.21 bits per heavy atom. The highest BCUT2D eigenvalue weighted by atomic mass is 32.1. The molecule has 0 fully saturated rings. The number of carbonyl (C=O) groups is 1. The summed E-state index contributed by atoms with van der Waals surface area (Å²) in [6.07, 6.45) is 0. The van der Waals surface area contributed by atoms with Crippen LogP contribution in [0.25, 0.3) is 11.3 Å². The smallest absolute Gasteiger partial charge is 0.273 e. The SMILES string of the molecule is CN(C)[C@H](CNC(=O)c1cc(-c2ccc3c(c2)OCCO3)on1)c1ccsc1. The monoisotopic (exact) mass is 399 g/mol. The fourth-order valence-electron chi connectivity index (χ4n) is 3.06.